The van der Waals surface area contributed by atoms with Crippen molar-refractivity contribution < 1.29 is 14.3 Å². The molecule has 130 valence electrons. The molecule has 0 atom stereocenters. The second-order valence-corrected chi connectivity index (χ2v) is 6.19. The Hall–Kier alpha value is -3.28. The number of para-hydroxylation sites is 1. The maximum atomic E-state index is 13.0. The topological polar surface area (TPSA) is 78.3 Å². The van der Waals surface area contributed by atoms with Gasteiger partial charge in [0, 0.05) is 22.9 Å². The number of aromatic nitrogens is 2. The summed E-state index contributed by atoms with van der Waals surface area (Å²) < 4.78 is 6.36. The number of hydrogen-bond acceptors (Lipinski definition) is 5. The minimum absolute atomic E-state index is 0.163. The fourth-order valence-corrected chi connectivity index (χ4v) is 3.41. The van der Waals surface area contributed by atoms with Gasteiger partial charge >= 0.3 is 0 Å². The molecule has 1 aliphatic heterocycles. The van der Waals surface area contributed by atoms with Gasteiger partial charge < -0.3 is 9.30 Å². The lowest BCUT2D eigenvalue weighted by Crippen LogP contribution is -2.26. The summed E-state index contributed by atoms with van der Waals surface area (Å²) in [6.45, 7) is 2.18. The highest BCUT2D eigenvalue weighted by Gasteiger charge is 2.26. The second-order valence-electron chi connectivity index (χ2n) is 6.19. The number of pyridine rings is 2. The van der Waals surface area contributed by atoms with Crippen molar-refractivity contribution in [2.24, 2.45) is 0 Å². The van der Waals surface area contributed by atoms with Gasteiger partial charge in [0.05, 0.1) is 29.0 Å². The number of carbonyl (C=O) groups is 2. The van der Waals surface area contributed by atoms with Gasteiger partial charge in [0.2, 0.25) is 0 Å². The number of benzene rings is 1. The summed E-state index contributed by atoms with van der Waals surface area (Å²) in [5.74, 6) is -0.163. The van der Waals surface area contributed by atoms with Crippen LogP contribution in [0.15, 0.2) is 41.2 Å². The van der Waals surface area contributed by atoms with Crippen LogP contribution in [0.1, 0.15) is 34.8 Å². The van der Waals surface area contributed by atoms with Gasteiger partial charge in [-0.1, -0.05) is 25.1 Å². The lowest BCUT2D eigenvalue weighted by molar-refractivity contribution is -0.129. The molecule has 3 heterocycles. The minimum atomic E-state index is -0.316. The molecule has 1 aromatic carbocycles. The van der Waals surface area contributed by atoms with Crippen LogP contribution in [0.4, 0.5) is 0 Å². The van der Waals surface area contributed by atoms with Crippen molar-refractivity contribution in [1.29, 1.82) is 0 Å². The van der Waals surface area contributed by atoms with E-state index in [0.29, 0.717) is 23.5 Å². The summed E-state index contributed by atoms with van der Waals surface area (Å²) in [6, 6.07) is 11.5. The van der Waals surface area contributed by atoms with Gasteiger partial charge in [0.15, 0.2) is 5.78 Å². The van der Waals surface area contributed by atoms with Crippen LogP contribution in [0.5, 0.6) is 0 Å². The highest BCUT2D eigenvalue weighted by atomic mass is 16.5. The number of fused-ring (bicyclic) bond motifs is 4. The molecule has 0 radical (unpaired) electrons. The van der Waals surface area contributed by atoms with E-state index in [1.165, 1.54) is 0 Å². The number of ketones is 1. The number of carbonyl (C=O) groups excluding carboxylic acids is 2. The second kappa shape index (κ2) is 6.22. The first-order valence-electron chi connectivity index (χ1n) is 8.38. The smallest absolute Gasteiger partial charge is 0.293 e. The van der Waals surface area contributed by atoms with Gasteiger partial charge in [-0.2, -0.15) is 0 Å². The van der Waals surface area contributed by atoms with Gasteiger partial charge in [-0.15, -0.1) is 0 Å². The van der Waals surface area contributed by atoms with Crippen molar-refractivity contribution in [2.75, 3.05) is 0 Å². The van der Waals surface area contributed by atoms with E-state index < -0.39 is 0 Å². The van der Waals surface area contributed by atoms with Gasteiger partial charge in [-0.05, 0) is 18.2 Å². The molecule has 4 rings (SSSR count). The average molecular weight is 348 g/mol. The van der Waals surface area contributed by atoms with Crippen LogP contribution in [-0.2, 0) is 22.7 Å². The fourth-order valence-electron chi connectivity index (χ4n) is 3.41. The Balaban J connectivity index is 1.96. The van der Waals surface area contributed by atoms with E-state index in [0.717, 1.165) is 16.5 Å². The lowest BCUT2D eigenvalue weighted by Gasteiger charge is -2.11. The van der Waals surface area contributed by atoms with Crippen molar-refractivity contribution >= 4 is 23.2 Å². The molecular formula is C20H16N2O4. The van der Waals surface area contributed by atoms with Crippen LogP contribution < -0.4 is 5.56 Å². The summed E-state index contributed by atoms with van der Waals surface area (Å²) in [7, 11) is 0. The van der Waals surface area contributed by atoms with Gasteiger partial charge in [0.1, 0.15) is 6.61 Å². The molecule has 0 N–H and O–H groups in total. The SMILES string of the molecule is CCC(=O)c1cc2n(c(=O)c1COC=O)Cc1cc3ccccc3nc1-2. The number of hydrogen-bond donors (Lipinski definition) is 0. The summed E-state index contributed by atoms with van der Waals surface area (Å²) in [4.78, 5) is 40.6. The van der Waals surface area contributed by atoms with Crippen LogP contribution in [0.2, 0.25) is 0 Å². The molecule has 2 aromatic heterocycles. The molecule has 0 bridgehead atoms. The highest BCUT2D eigenvalue weighted by Crippen LogP contribution is 2.32. The number of rotatable bonds is 5. The molecule has 0 fully saturated rings. The Morgan fingerprint density at radius 2 is 2.12 bits per heavy atom. The maximum absolute atomic E-state index is 13.0. The Morgan fingerprint density at radius 1 is 1.31 bits per heavy atom. The fraction of sp³-hybridized carbons (Fsp3) is 0.200. The van der Waals surface area contributed by atoms with Crippen molar-refractivity contribution in [3.05, 3.63) is 63.4 Å². The molecule has 0 unspecified atom stereocenters. The zero-order chi connectivity index (χ0) is 18.3. The normalized spacial score (nSPS) is 11.9. The van der Waals surface area contributed by atoms with Gasteiger partial charge in [0.25, 0.3) is 12.0 Å². The van der Waals surface area contributed by atoms with Crippen molar-refractivity contribution in [3.63, 3.8) is 0 Å². The Bertz CT molecular complexity index is 1110. The third kappa shape index (κ3) is 2.42. The van der Waals surface area contributed by atoms with Crippen LogP contribution in [0.25, 0.3) is 22.3 Å². The standard InChI is InChI=1S/C20H16N2O4/c1-2-18(24)14-8-17-19-13(7-12-5-3-4-6-16(12)21-19)9-22(17)20(25)15(14)10-26-11-23/h3-8,11H,2,9-10H2,1H3. The van der Waals surface area contributed by atoms with Gasteiger partial charge in [-0.3, -0.25) is 14.4 Å². The van der Waals surface area contributed by atoms with Crippen molar-refractivity contribution in [2.45, 2.75) is 26.5 Å². The average Bonchev–Trinajstić information content (AvgIpc) is 3.02. The zero-order valence-electron chi connectivity index (χ0n) is 14.2. The van der Waals surface area contributed by atoms with E-state index >= 15 is 0 Å². The van der Waals surface area contributed by atoms with E-state index in [1.54, 1.807) is 17.6 Å². The molecule has 1 aliphatic rings. The predicted molar refractivity (Wildman–Crippen MR) is 96.0 cm³/mol. The molecule has 26 heavy (non-hydrogen) atoms. The van der Waals surface area contributed by atoms with E-state index in [9.17, 15) is 14.4 Å². The monoisotopic (exact) mass is 348 g/mol. The molecule has 0 aliphatic carbocycles. The molecule has 3 aromatic rings. The Kier molecular flexibility index (Phi) is 3.88. The number of Topliss-reactive ketones (excluding diaryl/α,β-unsaturated/α-hetero) is 1. The van der Waals surface area contributed by atoms with E-state index in [1.807, 2.05) is 30.3 Å². The Morgan fingerprint density at radius 3 is 2.88 bits per heavy atom. The third-order valence-electron chi connectivity index (χ3n) is 4.69. The van der Waals surface area contributed by atoms with Crippen molar-refractivity contribution in [3.8, 4) is 11.4 Å². The maximum Gasteiger partial charge on any atom is 0.293 e. The third-order valence-corrected chi connectivity index (χ3v) is 4.69. The first kappa shape index (κ1) is 16.2. The predicted octanol–water partition coefficient (Wildman–Crippen LogP) is 2.69. The van der Waals surface area contributed by atoms with E-state index in [2.05, 4.69) is 0 Å². The zero-order valence-corrected chi connectivity index (χ0v) is 14.2. The van der Waals surface area contributed by atoms with E-state index in [-0.39, 0.29) is 36.4 Å². The largest absolute Gasteiger partial charge is 0.463 e. The quantitative estimate of drug-likeness (QED) is 0.409. The summed E-state index contributed by atoms with van der Waals surface area (Å²) in [5, 5.41) is 1.00. The van der Waals surface area contributed by atoms with Gasteiger partial charge in [-0.25, -0.2) is 4.98 Å². The molecule has 0 amide bonds. The summed E-state index contributed by atoms with van der Waals surface area (Å²) in [6.07, 6.45) is 0.259. The van der Waals surface area contributed by atoms with E-state index in [4.69, 9.17) is 9.72 Å². The van der Waals surface area contributed by atoms with Crippen LogP contribution >= 0.6 is 0 Å². The number of nitrogens with zero attached hydrogens (tertiary/aromatic N) is 2. The number of ether oxygens (including phenoxy) is 1. The minimum Gasteiger partial charge on any atom is -0.463 e. The first-order chi connectivity index (χ1) is 12.6. The first-order valence-corrected chi connectivity index (χ1v) is 8.38. The molecular weight excluding hydrogens is 332 g/mol. The Labute approximate surface area is 149 Å². The van der Waals surface area contributed by atoms with Crippen LogP contribution in [0, 0.1) is 0 Å². The van der Waals surface area contributed by atoms with Crippen LogP contribution in [-0.4, -0.2) is 21.8 Å². The molecule has 0 saturated heterocycles. The summed E-state index contributed by atoms with van der Waals surface area (Å²) in [5.41, 5.74) is 3.31. The van der Waals surface area contributed by atoms with Crippen LogP contribution in [0.3, 0.4) is 0 Å². The lowest BCUT2D eigenvalue weighted by atomic mass is 10.0. The summed E-state index contributed by atoms with van der Waals surface area (Å²) >= 11 is 0. The molecule has 6 nitrogen and oxygen atoms in total. The molecule has 6 heteroatoms. The molecule has 0 spiro atoms. The molecule has 0 saturated carbocycles. The van der Waals surface area contributed by atoms with Crippen molar-refractivity contribution in [1.82, 2.24) is 9.55 Å². The highest BCUT2D eigenvalue weighted by molar-refractivity contribution is 5.98.